The van der Waals surface area contributed by atoms with E-state index in [1.807, 2.05) is 24.8 Å². The Balaban J connectivity index is 1.57. The summed E-state index contributed by atoms with van der Waals surface area (Å²) >= 11 is 0. The lowest BCUT2D eigenvalue weighted by atomic mass is 10.1. The van der Waals surface area contributed by atoms with E-state index in [1.54, 1.807) is 30.3 Å². The molecule has 9 nitrogen and oxygen atoms in total. The number of aromatic amines is 1. The molecule has 0 unspecified atom stereocenters. The number of nitrogens with one attached hydrogen (secondary N) is 2. The molecule has 4 N–H and O–H groups in total. The van der Waals surface area contributed by atoms with Crippen LogP contribution >= 0.6 is 0 Å². The zero-order chi connectivity index (χ0) is 23.3. The van der Waals surface area contributed by atoms with Gasteiger partial charge in [0.1, 0.15) is 5.82 Å². The van der Waals surface area contributed by atoms with Crippen LogP contribution in [-0.4, -0.2) is 48.3 Å². The minimum Gasteiger partial charge on any atom is -0.355 e. The first kappa shape index (κ1) is 23.6. The summed E-state index contributed by atoms with van der Waals surface area (Å²) in [6.07, 6.45) is 0.553. The lowest BCUT2D eigenvalue weighted by Crippen LogP contribution is -2.41. The number of H-pyrrole nitrogens is 1. The third-order valence-electron chi connectivity index (χ3n) is 5.08. The number of hydrogen-bond donors (Lipinski definition) is 3. The lowest BCUT2D eigenvalue weighted by molar-refractivity contribution is -0.122. The Labute approximate surface area is 186 Å². The van der Waals surface area contributed by atoms with E-state index in [0.29, 0.717) is 36.2 Å². The Morgan fingerprint density at radius 1 is 1.16 bits per heavy atom. The van der Waals surface area contributed by atoms with Crippen LogP contribution in [0.1, 0.15) is 25.2 Å². The Morgan fingerprint density at radius 3 is 2.50 bits per heavy atom. The number of sulfonamides is 1. The number of primary sulfonamides is 1. The highest BCUT2D eigenvalue weighted by Crippen LogP contribution is 2.10. The first-order valence-electron chi connectivity index (χ1n) is 10.2. The highest BCUT2D eigenvalue weighted by Gasteiger charge is 2.16. The van der Waals surface area contributed by atoms with Crippen molar-refractivity contribution in [1.29, 1.82) is 0 Å². The molecular weight excluding hydrogens is 430 g/mol. The number of carbonyl (C=O) groups is 1. The van der Waals surface area contributed by atoms with Gasteiger partial charge < -0.3 is 10.3 Å². The molecule has 0 spiro atoms. The topological polar surface area (TPSA) is 138 Å². The average Bonchev–Trinajstić information content (AvgIpc) is 2.73. The highest BCUT2D eigenvalue weighted by atomic mass is 32.2. The number of nitrogens with zero attached hydrogens (tertiary/aromatic N) is 2. The number of benzene rings is 2. The molecule has 0 atom stereocenters. The summed E-state index contributed by atoms with van der Waals surface area (Å²) in [5.74, 6) is 0.355. The van der Waals surface area contributed by atoms with E-state index < -0.39 is 10.0 Å². The second kappa shape index (κ2) is 10.0. The molecule has 0 aliphatic carbocycles. The summed E-state index contributed by atoms with van der Waals surface area (Å²) in [5, 5.41) is 8.50. The standard InChI is InChI=1S/C22H27N5O4S/c1-15(2)27(13-20-25-19-6-4-3-5-18(19)22(29)26-20)14-21(28)24-12-11-16-7-9-17(10-8-16)32(23,30)31/h3-10,15H,11-14H2,1-2H3,(H,24,28)(H2,23,30,31)(H,25,26,29). The van der Waals surface area contributed by atoms with Gasteiger partial charge in [0.2, 0.25) is 15.9 Å². The summed E-state index contributed by atoms with van der Waals surface area (Å²) in [6, 6.07) is 13.4. The first-order valence-corrected chi connectivity index (χ1v) is 11.8. The largest absolute Gasteiger partial charge is 0.355 e. The van der Waals surface area contributed by atoms with Crippen molar-refractivity contribution >= 4 is 26.8 Å². The normalized spacial score (nSPS) is 11.9. The number of carbonyl (C=O) groups excluding carboxylic acids is 1. The molecule has 170 valence electrons. The van der Waals surface area contributed by atoms with E-state index in [9.17, 15) is 18.0 Å². The molecule has 1 heterocycles. The Bertz CT molecular complexity index is 1250. The summed E-state index contributed by atoms with van der Waals surface area (Å²) < 4.78 is 22.6. The summed E-state index contributed by atoms with van der Waals surface area (Å²) in [4.78, 5) is 34.0. The van der Waals surface area contributed by atoms with Crippen LogP contribution in [0.5, 0.6) is 0 Å². The van der Waals surface area contributed by atoms with Crippen molar-refractivity contribution in [2.24, 2.45) is 5.14 Å². The fraction of sp³-hybridized carbons (Fsp3) is 0.318. The number of para-hydroxylation sites is 1. The quantitative estimate of drug-likeness (QED) is 0.440. The number of nitrogens with two attached hydrogens (primary N) is 1. The molecule has 0 aliphatic heterocycles. The summed E-state index contributed by atoms with van der Waals surface area (Å²) in [5.41, 5.74) is 1.30. The van der Waals surface area contributed by atoms with Crippen molar-refractivity contribution in [2.75, 3.05) is 13.1 Å². The van der Waals surface area contributed by atoms with E-state index in [0.717, 1.165) is 5.56 Å². The Kier molecular flexibility index (Phi) is 7.39. The molecule has 10 heteroatoms. The molecule has 0 saturated heterocycles. The van der Waals surface area contributed by atoms with Crippen LogP contribution < -0.4 is 16.0 Å². The van der Waals surface area contributed by atoms with Crippen LogP contribution in [0, 0.1) is 0 Å². The van der Waals surface area contributed by atoms with E-state index in [2.05, 4.69) is 15.3 Å². The molecule has 1 aromatic heterocycles. The maximum Gasteiger partial charge on any atom is 0.258 e. The van der Waals surface area contributed by atoms with Crippen molar-refractivity contribution in [1.82, 2.24) is 20.2 Å². The van der Waals surface area contributed by atoms with Crippen molar-refractivity contribution in [3.63, 3.8) is 0 Å². The van der Waals surface area contributed by atoms with Crippen LogP contribution in [0.2, 0.25) is 0 Å². The Hall–Kier alpha value is -3.08. The lowest BCUT2D eigenvalue weighted by Gasteiger charge is -2.25. The average molecular weight is 458 g/mol. The third kappa shape index (κ3) is 6.22. The van der Waals surface area contributed by atoms with Gasteiger partial charge in [0.15, 0.2) is 0 Å². The second-order valence-electron chi connectivity index (χ2n) is 7.82. The van der Waals surface area contributed by atoms with Gasteiger partial charge in [0.25, 0.3) is 5.56 Å². The number of hydrogen-bond acceptors (Lipinski definition) is 6. The minimum absolute atomic E-state index is 0.0539. The molecule has 0 bridgehead atoms. The fourth-order valence-corrected chi connectivity index (χ4v) is 3.77. The smallest absolute Gasteiger partial charge is 0.258 e. The number of amides is 1. The minimum atomic E-state index is -3.72. The zero-order valence-electron chi connectivity index (χ0n) is 18.0. The Morgan fingerprint density at radius 2 is 1.84 bits per heavy atom. The molecule has 0 radical (unpaired) electrons. The fourth-order valence-electron chi connectivity index (χ4n) is 3.26. The first-order chi connectivity index (χ1) is 15.1. The number of fused-ring (bicyclic) bond motifs is 1. The van der Waals surface area contributed by atoms with Gasteiger partial charge in [0.05, 0.1) is 28.9 Å². The zero-order valence-corrected chi connectivity index (χ0v) is 18.9. The maximum atomic E-state index is 12.5. The van der Waals surface area contributed by atoms with Gasteiger partial charge in [-0.1, -0.05) is 24.3 Å². The van der Waals surface area contributed by atoms with Crippen molar-refractivity contribution in [3.8, 4) is 0 Å². The molecule has 3 rings (SSSR count). The van der Waals surface area contributed by atoms with Crippen LogP contribution in [0.4, 0.5) is 0 Å². The van der Waals surface area contributed by atoms with Gasteiger partial charge in [-0.05, 0) is 50.1 Å². The van der Waals surface area contributed by atoms with E-state index in [4.69, 9.17) is 5.14 Å². The van der Waals surface area contributed by atoms with Crippen LogP contribution in [0.25, 0.3) is 10.9 Å². The van der Waals surface area contributed by atoms with Gasteiger partial charge >= 0.3 is 0 Å². The van der Waals surface area contributed by atoms with Crippen LogP contribution in [-0.2, 0) is 27.8 Å². The molecule has 32 heavy (non-hydrogen) atoms. The van der Waals surface area contributed by atoms with Gasteiger partial charge in [-0.2, -0.15) is 0 Å². The molecule has 0 fully saturated rings. The van der Waals surface area contributed by atoms with Crippen molar-refractivity contribution in [2.45, 2.75) is 37.8 Å². The number of rotatable bonds is 9. The predicted octanol–water partition coefficient (Wildman–Crippen LogP) is 1.14. The third-order valence-corrected chi connectivity index (χ3v) is 6.01. The van der Waals surface area contributed by atoms with Crippen LogP contribution in [0.15, 0.2) is 58.2 Å². The van der Waals surface area contributed by atoms with Gasteiger partial charge in [0, 0.05) is 12.6 Å². The van der Waals surface area contributed by atoms with E-state index in [-0.39, 0.29) is 28.9 Å². The summed E-state index contributed by atoms with van der Waals surface area (Å²) in [7, 11) is -3.72. The van der Waals surface area contributed by atoms with E-state index >= 15 is 0 Å². The van der Waals surface area contributed by atoms with Gasteiger partial charge in [-0.25, -0.2) is 18.5 Å². The highest BCUT2D eigenvalue weighted by molar-refractivity contribution is 7.89. The molecule has 2 aromatic carbocycles. The molecule has 0 saturated carbocycles. The molecule has 0 aliphatic rings. The van der Waals surface area contributed by atoms with Crippen molar-refractivity contribution < 1.29 is 13.2 Å². The van der Waals surface area contributed by atoms with Crippen molar-refractivity contribution in [3.05, 3.63) is 70.3 Å². The predicted molar refractivity (Wildman–Crippen MR) is 122 cm³/mol. The number of aromatic nitrogens is 2. The maximum absolute atomic E-state index is 12.5. The van der Waals surface area contributed by atoms with Gasteiger partial charge in [-0.3, -0.25) is 14.5 Å². The second-order valence-corrected chi connectivity index (χ2v) is 9.38. The van der Waals surface area contributed by atoms with Crippen LogP contribution in [0.3, 0.4) is 0 Å². The summed E-state index contributed by atoms with van der Waals surface area (Å²) in [6.45, 7) is 4.84. The van der Waals surface area contributed by atoms with E-state index in [1.165, 1.54) is 12.1 Å². The van der Waals surface area contributed by atoms with Gasteiger partial charge in [-0.15, -0.1) is 0 Å². The SMILES string of the molecule is CC(C)N(CC(=O)NCCc1ccc(S(N)(=O)=O)cc1)Cc1nc2ccccc2c(=O)[nH]1. The monoisotopic (exact) mass is 457 g/mol. The molecule has 3 aromatic rings. The molecular formula is C22H27N5O4S. The molecule has 1 amide bonds.